The number of carbonyl (C=O) groups excluding carboxylic acids is 2. The summed E-state index contributed by atoms with van der Waals surface area (Å²) >= 11 is 5.98. The third-order valence-corrected chi connectivity index (χ3v) is 8.50. The van der Waals surface area contributed by atoms with Gasteiger partial charge in [0.1, 0.15) is 18.4 Å². The molecule has 0 spiro atoms. The Bertz CT molecular complexity index is 1410. The summed E-state index contributed by atoms with van der Waals surface area (Å²) in [4.78, 5) is 28.2. The SMILES string of the molecule is CCNC(=O)C(CC)N(Cc1ccc(F)cc1)C(=O)CN(c1ccc(C)c(C)c1)S(=O)(=O)c1ccc(Cl)cc1. The molecule has 3 rings (SSSR count). The number of rotatable bonds is 11. The summed E-state index contributed by atoms with van der Waals surface area (Å²) in [5.74, 6) is -1.36. The van der Waals surface area contributed by atoms with Gasteiger partial charge in [0.2, 0.25) is 11.8 Å². The van der Waals surface area contributed by atoms with Gasteiger partial charge in [-0.25, -0.2) is 12.8 Å². The van der Waals surface area contributed by atoms with E-state index < -0.39 is 34.3 Å². The van der Waals surface area contributed by atoms with Crippen LogP contribution in [0.15, 0.2) is 71.6 Å². The van der Waals surface area contributed by atoms with Gasteiger partial charge in [0.05, 0.1) is 10.6 Å². The Labute approximate surface area is 234 Å². The molecule has 0 fully saturated rings. The maximum Gasteiger partial charge on any atom is 0.264 e. The van der Waals surface area contributed by atoms with Gasteiger partial charge in [-0.1, -0.05) is 36.7 Å². The van der Waals surface area contributed by atoms with E-state index in [0.717, 1.165) is 15.4 Å². The molecule has 0 saturated carbocycles. The molecule has 1 N–H and O–H groups in total. The van der Waals surface area contributed by atoms with Crippen molar-refractivity contribution in [2.75, 3.05) is 17.4 Å². The number of likely N-dealkylation sites (N-methyl/N-ethyl adjacent to an activating group) is 1. The van der Waals surface area contributed by atoms with Gasteiger partial charge in [0.15, 0.2) is 0 Å². The molecule has 0 heterocycles. The Morgan fingerprint density at radius 3 is 2.15 bits per heavy atom. The minimum Gasteiger partial charge on any atom is -0.355 e. The molecule has 0 aromatic heterocycles. The average Bonchev–Trinajstić information content (AvgIpc) is 2.90. The van der Waals surface area contributed by atoms with E-state index in [1.807, 2.05) is 13.8 Å². The third-order valence-electron chi connectivity index (χ3n) is 6.46. The van der Waals surface area contributed by atoms with Crippen LogP contribution in [0.1, 0.15) is 37.0 Å². The van der Waals surface area contributed by atoms with Gasteiger partial charge in [-0.3, -0.25) is 13.9 Å². The second-order valence-corrected chi connectivity index (χ2v) is 11.5. The highest BCUT2D eigenvalue weighted by atomic mass is 35.5. The lowest BCUT2D eigenvalue weighted by atomic mass is 10.1. The van der Waals surface area contributed by atoms with Crippen molar-refractivity contribution in [1.82, 2.24) is 10.2 Å². The van der Waals surface area contributed by atoms with Gasteiger partial charge in [0, 0.05) is 18.1 Å². The van der Waals surface area contributed by atoms with E-state index in [-0.39, 0.29) is 17.3 Å². The highest BCUT2D eigenvalue weighted by Gasteiger charge is 2.33. The number of hydrogen-bond acceptors (Lipinski definition) is 4. The average molecular weight is 574 g/mol. The fourth-order valence-electron chi connectivity index (χ4n) is 4.14. The van der Waals surface area contributed by atoms with Crippen molar-refractivity contribution in [3.05, 3.63) is 94.3 Å². The van der Waals surface area contributed by atoms with Gasteiger partial charge in [-0.2, -0.15) is 0 Å². The fraction of sp³-hybridized carbons (Fsp3) is 0.310. The van der Waals surface area contributed by atoms with Crippen LogP contribution in [-0.4, -0.2) is 44.3 Å². The molecule has 10 heteroatoms. The number of hydrogen-bond donors (Lipinski definition) is 1. The van der Waals surface area contributed by atoms with Crippen LogP contribution in [0.5, 0.6) is 0 Å². The van der Waals surface area contributed by atoms with E-state index in [0.29, 0.717) is 29.2 Å². The van der Waals surface area contributed by atoms with E-state index in [2.05, 4.69) is 5.32 Å². The summed E-state index contributed by atoms with van der Waals surface area (Å²) in [6.07, 6.45) is 0.298. The second kappa shape index (κ2) is 13.1. The van der Waals surface area contributed by atoms with Gasteiger partial charge in [0.25, 0.3) is 10.0 Å². The molecule has 3 aromatic carbocycles. The lowest BCUT2D eigenvalue weighted by molar-refractivity contribution is -0.140. The zero-order valence-corrected chi connectivity index (χ0v) is 24.0. The van der Waals surface area contributed by atoms with Crippen LogP contribution < -0.4 is 9.62 Å². The molecule has 0 aliphatic heterocycles. The molecule has 0 aliphatic carbocycles. The summed E-state index contributed by atoms with van der Waals surface area (Å²) in [7, 11) is -4.19. The number of benzene rings is 3. The van der Waals surface area contributed by atoms with Crippen LogP contribution in [0.4, 0.5) is 10.1 Å². The Morgan fingerprint density at radius 1 is 0.949 bits per heavy atom. The first-order valence-corrected chi connectivity index (χ1v) is 14.5. The number of amides is 2. The Hall–Kier alpha value is -3.43. The molecule has 0 radical (unpaired) electrons. The normalized spacial score (nSPS) is 12.1. The zero-order chi connectivity index (χ0) is 28.7. The van der Waals surface area contributed by atoms with E-state index in [1.165, 1.54) is 53.4 Å². The summed E-state index contributed by atoms with van der Waals surface area (Å²) in [6, 6.07) is 15.6. The van der Waals surface area contributed by atoms with E-state index in [1.54, 1.807) is 32.0 Å². The molecule has 3 aromatic rings. The van der Waals surface area contributed by atoms with Gasteiger partial charge in [-0.05, 0) is 92.4 Å². The van der Waals surface area contributed by atoms with Crippen molar-refractivity contribution in [3.8, 4) is 0 Å². The zero-order valence-electron chi connectivity index (χ0n) is 22.4. The monoisotopic (exact) mass is 573 g/mol. The Morgan fingerprint density at radius 2 is 1.59 bits per heavy atom. The summed E-state index contributed by atoms with van der Waals surface area (Å²) in [6.45, 7) is 7.13. The smallest absolute Gasteiger partial charge is 0.264 e. The maximum absolute atomic E-state index is 13.9. The predicted molar refractivity (Wildman–Crippen MR) is 152 cm³/mol. The molecule has 2 amide bonds. The Balaban J connectivity index is 2.08. The van der Waals surface area contributed by atoms with E-state index in [9.17, 15) is 22.4 Å². The molecule has 1 atom stereocenters. The number of halogens is 2. The quantitative estimate of drug-likeness (QED) is 0.340. The molecule has 39 heavy (non-hydrogen) atoms. The van der Waals surface area contributed by atoms with Crippen molar-refractivity contribution in [2.45, 2.75) is 51.6 Å². The Kier molecular flexibility index (Phi) is 10.1. The molecule has 208 valence electrons. The van der Waals surface area contributed by atoms with Crippen molar-refractivity contribution in [3.63, 3.8) is 0 Å². The van der Waals surface area contributed by atoms with Gasteiger partial charge in [-0.15, -0.1) is 0 Å². The van der Waals surface area contributed by atoms with Crippen molar-refractivity contribution in [1.29, 1.82) is 0 Å². The first-order valence-electron chi connectivity index (χ1n) is 12.6. The van der Waals surface area contributed by atoms with Crippen LogP contribution in [0.3, 0.4) is 0 Å². The first-order chi connectivity index (χ1) is 18.5. The second-order valence-electron chi connectivity index (χ2n) is 9.20. The fourth-order valence-corrected chi connectivity index (χ4v) is 5.67. The minimum absolute atomic E-state index is 0.00346. The standard InChI is InChI=1S/C29H33ClFN3O4S/c1-5-27(29(36)32-6-2)33(18-22-8-12-24(31)13-9-22)28(35)19-34(25-14-7-20(3)21(4)17-25)39(37,38)26-15-10-23(30)11-16-26/h7-17,27H,5-6,18-19H2,1-4H3,(H,32,36). The van der Waals surface area contributed by atoms with E-state index >= 15 is 0 Å². The molecule has 7 nitrogen and oxygen atoms in total. The van der Waals surface area contributed by atoms with Gasteiger partial charge >= 0.3 is 0 Å². The lowest BCUT2D eigenvalue weighted by Crippen LogP contribution is -2.52. The predicted octanol–water partition coefficient (Wildman–Crippen LogP) is 5.23. The molecule has 0 aliphatic rings. The van der Waals surface area contributed by atoms with Gasteiger partial charge < -0.3 is 10.2 Å². The molecular formula is C29H33ClFN3O4S. The summed E-state index contributed by atoms with van der Waals surface area (Å²) in [5, 5.41) is 3.13. The van der Waals surface area contributed by atoms with Crippen molar-refractivity contribution < 1.29 is 22.4 Å². The van der Waals surface area contributed by atoms with Crippen LogP contribution in [0.2, 0.25) is 5.02 Å². The number of anilines is 1. The highest BCUT2D eigenvalue weighted by molar-refractivity contribution is 7.92. The van der Waals surface area contributed by atoms with Crippen LogP contribution in [-0.2, 0) is 26.2 Å². The highest BCUT2D eigenvalue weighted by Crippen LogP contribution is 2.27. The summed E-state index contributed by atoms with van der Waals surface area (Å²) < 4.78 is 42.3. The van der Waals surface area contributed by atoms with Crippen molar-refractivity contribution in [2.24, 2.45) is 0 Å². The van der Waals surface area contributed by atoms with Crippen LogP contribution in [0.25, 0.3) is 0 Å². The minimum atomic E-state index is -4.19. The number of nitrogens with zero attached hydrogens (tertiary/aromatic N) is 2. The molecule has 0 bridgehead atoms. The molecular weight excluding hydrogens is 541 g/mol. The number of aryl methyl sites for hydroxylation is 2. The first kappa shape index (κ1) is 30.1. The summed E-state index contributed by atoms with van der Waals surface area (Å²) in [5.41, 5.74) is 2.74. The number of sulfonamides is 1. The lowest BCUT2D eigenvalue weighted by Gasteiger charge is -2.33. The van der Waals surface area contributed by atoms with Crippen LogP contribution >= 0.6 is 11.6 Å². The largest absolute Gasteiger partial charge is 0.355 e. The topological polar surface area (TPSA) is 86.8 Å². The van der Waals surface area contributed by atoms with E-state index in [4.69, 9.17) is 11.6 Å². The molecule has 0 saturated heterocycles. The third kappa shape index (κ3) is 7.36. The van der Waals surface area contributed by atoms with Crippen molar-refractivity contribution >= 4 is 39.1 Å². The maximum atomic E-state index is 13.9. The number of carbonyl (C=O) groups is 2. The van der Waals surface area contributed by atoms with Crippen LogP contribution in [0, 0.1) is 19.7 Å². The molecule has 1 unspecified atom stereocenters. The number of nitrogens with one attached hydrogen (secondary N) is 1.